The summed E-state index contributed by atoms with van der Waals surface area (Å²) in [5.74, 6) is -11.2. The zero-order chi connectivity index (χ0) is 35.4. The van der Waals surface area contributed by atoms with Crippen LogP contribution in [0.15, 0.2) is 0 Å². The van der Waals surface area contributed by atoms with Crippen LogP contribution in [0.2, 0.25) is 0 Å². The Kier molecular flexibility index (Phi) is 11.9. The second kappa shape index (κ2) is 13.8. The molecular formula is C15H15AlN12O18. The molecular weight excluding hydrogens is 663 g/mol. The number of imide groups is 3. The van der Waals surface area contributed by atoms with E-state index in [9.17, 15) is 72.9 Å². The molecule has 3 saturated heterocycles. The van der Waals surface area contributed by atoms with Crippen LogP contribution in [0, 0.1) is 0 Å². The molecule has 0 spiro atoms. The summed E-state index contributed by atoms with van der Waals surface area (Å²) in [7, 11) is 0. The number of aliphatic carboxylic acids is 3. The maximum atomic E-state index is 11.1. The summed E-state index contributed by atoms with van der Waals surface area (Å²) in [4.78, 5) is 129. The van der Waals surface area contributed by atoms with Crippen LogP contribution in [-0.2, 0) is 28.8 Å². The molecule has 3 unspecified atom stereocenters. The first-order chi connectivity index (χ1) is 20.4. The average molecular weight is 678 g/mol. The first kappa shape index (κ1) is 39.5. The Labute approximate surface area is 259 Å². The Morgan fingerprint density at radius 3 is 0.783 bits per heavy atom. The third-order valence-corrected chi connectivity index (χ3v) is 4.85. The van der Waals surface area contributed by atoms with Gasteiger partial charge in [-0.3, -0.25) is 46.0 Å². The molecule has 0 aromatic heterocycles. The molecule has 3 aliphatic heterocycles. The number of carboxylic acid groups (broad SMARTS) is 3. The van der Waals surface area contributed by atoms with Crippen LogP contribution < -0.4 is 64.4 Å². The zero-order valence-corrected chi connectivity index (χ0v) is 22.8. The van der Waals surface area contributed by atoms with E-state index in [2.05, 4.69) is 17.2 Å². The summed E-state index contributed by atoms with van der Waals surface area (Å²) < 4.78 is 0. The predicted molar refractivity (Wildman–Crippen MR) is 119 cm³/mol. The van der Waals surface area contributed by atoms with E-state index in [1.165, 1.54) is 31.9 Å². The van der Waals surface area contributed by atoms with E-state index in [4.69, 9.17) is 15.6 Å². The molecule has 15 N–H and O–H groups in total. The van der Waals surface area contributed by atoms with Crippen LogP contribution in [0.25, 0.3) is 0 Å². The molecule has 246 valence electrons. The van der Waals surface area contributed by atoms with Gasteiger partial charge in [-0.2, -0.15) is 0 Å². The number of primary amides is 3. The quantitative estimate of drug-likeness (QED) is 0.0537. The van der Waals surface area contributed by atoms with E-state index in [0.29, 0.717) is 0 Å². The number of amides is 15. The topological polar surface area (TPSA) is 495 Å². The van der Waals surface area contributed by atoms with Gasteiger partial charge >= 0.3 is 71.3 Å². The first-order valence-corrected chi connectivity index (χ1v) is 10.4. The van der Waals surface area contributed by atoms with Crippen LogP contribution in [0.1, 0.15) is 0 Å². The number of rotatable bonds is 6. The van der Waals surface area contributed by atoms with Gasteiger partial charge in [-0.15, -0.1) is 15.2 Å². The molecule has 15 amide bonds. The fraction of sp³-hybridized carbons (Fsp3) is 0.200. The summed E-state index contributed by atoms with van der Waals surface area (Å²) in [6, 6.07) is -8.41. The second-order valence-electron chi connectivity index (χ2n) is 7.72. The SMILES string of the molecule is NC(=O)NC1(C(=O)[O-])NC(=O)N(O)C1=O.NC(=O)NC1(C(=O)[O-])NC(=O)N(O)C1=O.NC(=O)NC1(C(=O)[O-])NC(=O)N(O)C1=O.[Al+3]. The average Bonchev–Trinajstić information content (AvgIpc) is 3.36. The van der Waals surface area contributed by atoms with Crippen LogP contribution in [0.4, 0.5) is 28.8 Å². The largest absolute Gasteiger partial charge is 3.00 e. The van der Waals surface area contributed by atoms with Crippen molar-refractivity contribution in [2.75, 3.05) is 0 Å². The molecule has 0 aromatic carbocycles. The molecule has 0 aromatic rings. The molecule has 3 atom stereocenters. The van der Waals surface area contributed by atoms with Crippen molar-refractivity contribution in [2.45, 2.75) is 17.0 Å². The minimum absolute atomic E-state index is 0. The maximum absolute atomic E-state index is 11.1. The van der Waals surface area contributed by atoms with Crippen molar-refractivity contribution in [2.24, 2.45) is 17.2 Å². The van der Waals surface area contributed by atoms with Gasteiger partial charge in [-0.1, -0.05) is 0 Å². The molecule has 31 heteroatoms. The third-order valence-electron chi connectivity index (χ3n) is 4.85. The molecule has 0 saturated carbocycles. The normalized spacial score (nSPS) is 24.5. The van der Waals surface area contributed by atoms with Crippen molar-refractivity contribution in [1.82, 2.24) is 47.1 Å². The molecule has 46 heavy (non-hydrogen) atoms. The summed E-state index contributed by atoms with van der Waals surface area (Å²) >= 11 is 0. The van der Waals surface area contributed by atoms with Gasteiger partial charge in [0.25, 0.3) is 0 Å². The van der Waals surface area contributed by atoms with E-state index in [1.54, 1.807) is 0 Å². The Bertz CT molecular complexity index is 1260. The summed E-state index contributed by atoms with van der Waals surface area (Å²) in [5.41, 5.74) is 5.22. The van der Waals surface area contributed by atoms with Gasteiger partial charge in [0.2, 0.25) is 17.0 Å². The van der Waals surface area contributed by atoms with Crippen molar-refractivity contribution in [3.05, 3.63) is 0 Å². The number of carbonyl (C=O) groups excluding carboxylic acids is 12. The van der Waals surface area contributed by atoms with Crippen LogP contribution in [0.5, 0.6) is 0 Å². The van der Waals surface area contributed by atoms with Crippen molar-refractivity contribution in [3.63, 3.8) is 0 Å². The van der Waals surface area contributed by atoms with E-state index in [1.807, 2.05) is 0 Å². The molecule has 0 bridgehead atoms. The zero-order valence-electron chi connectivity index (χ0n) is 21.6. The summed E-state index contributed by atoms with van der Waals surface area (Å²) in [6.07, 6.45) is 0. The van der Waals surface area contributed by atoms with E-state index in [-0.39, 0.29) is 17.4 Å². The van der Waals surface area contributed by atoms with E-state index < -0.39 is 104 Å². The molecule has 3 fully saturated rings. The Morgan fingerprint density at radius 2 is 0.696 bits per heavy atom. The molecule has 0 aliphatic carbocycles. The number of hydrogen-bond donors (Lipinski definition) is 12. The number of carbonyl (C=O) groups is 12. The summed E-state index contributed by atoms with van der Waals surface area (Å²) in [6.45, 7) is 0. The van der Waals surface area contributed by atoms with Gasteiger partial charge in [0, 0.05) is 0 Å². The Morgan fingerprint density at radius 1 is 0.522 bits per heavy atom. The fourth-order valence-electron chi connectivity index (χ4n) is 2.93. The number of hydroxylamine groups is 6. The number of nitrogens with one attached hydrogen (secondary N) is 6. The Balaban J connectivity index is 0.000000653. The second-order valence-corrected chi connectivity index (χ2v) is 7.72. The monoisotopic (exact) mass is 678 g/mol. The van der Waals surface area contributed by atoms with E-state index >= 15 is 0 Å². The van der Waals surface area contributed by atoms with Crippen LogP contribution in [0.3, 0.4) is 0 Å². The van der Waals surface area contributed by atoms with Gasteiger partial charge in [0.05, 0.1) is 17.9 Å². The molecule has 3 heterocycles. The number of carboxylic acids is 3. The molecule has 30 nitrogen and oxygen atoms in total. The van der Waals surface area contributed by atoms with Gasteiger partial charge in [-0.05, 0) is 0 Å². The van der Waals surface area contributed by atoms with Gasteiger partial charge < -0.3 is 62.9 Å². The standard InChI is InChI=1S/3C5H6N4O6.Al/c3*6-3(13)7-5(2(11)12)1(10)9(15)4(14)8-5;/h3*15H,(H,8,14)(H,11,12)(H3,6,7,13);/q;;;+3/p-3. The minimum atomic E-state index is -2.86. The third kappa shape index (κ3) is 7.15. The maximum Gasteiger partial charge on any atom is 3.00 e. The molecule has 3 rings (SSSR count). The van der Waals surface area contributed by atoms with Gasteiger partial charge in [-0.25, -0.2) is 28.8 Å². The smallest absolute Gasteiger partial charge is 0.545 e. The Hall–Kier alpha value is -6.55. The van der Waals surface area contributed by atoms with Crippen molar-refractivity contribution < 1.29 is 88.5 Å². The van der Waals surface area contributed by atoms with Crippen molar-refractivity contribution in [1.29, 1.82) is 0 Å². The number of hydrogen-bond acceptors (Lipinski definition) is 18. The van der Waals surface area contributed by atoms with Crippen LogP contribution in [-0.4, -0.2) is 137 Å². The number of urea groups is 6. The number of nitrogens with two attached hydrogens (primary N) is 3. The molecule has 0 radical (unpaired) electrons. The number of nitrogens with zero attached hydrogens (tertiary/aromatic N) is 3. The van der Waals surface area contributed by atoms with Gasteiger partial charge in [0.1, 0.15) is 0 Å². The predicted octanol–water partition coefficient (Wildman–Crippen LogP) is -12.3. The first-order valence-electron chi connectivity index (χ1n) is 10.4. The van der Waals surface area contributed by atoms with Crippen molar-refractivity contribution >= 4 is 89.2 Å². The summed E-state index contributed by atoms with van der Waals surface area (Å²) in [5, 5.41) is 65.5. The van der Waals surface area contributed by atoms with E-state index in [0.717, 1.165) is 0 Å². The van der Waals surface area contributed by atoms with Crippen molar-refractivity contribution in [3.8, 4) is 0 Å². The van der Waals surface area contributed by atoms with Crippen LogP contribution >= 0.6 is 0 Å². The fourth-order valence-corrected chi connectivity index (χ4v) is 2.93. The van der Waals surface area contributed by atoms with Gasteiger partial charge in [0.15, 0.2) is 0 Å². The molecule has 3 aliphatic rings. The minimum Gasteiger partial charge on any atom is -0.545 e.